The van der Waals surface area contributed by atoms with E-state index in [0.29, 0.717) is 10.2 Å². The maximum atomic E-state index is 12.6. The van der Waals surface area contributed by atoms with E-state index in [0.717, 1.165) is 10.6 Å². The number of Topliss-reactive ketones (excluding diaryl/α,β-unsaturated/α-hetero) is 1. The second-order valence-electron chi connectivity index (χ2n) is 5.63. The zero-order chi connectivity index (χ0) is 18.0. The number of allylic oxidation sites excluding steroid dienone is 1. The predicted molar refractivity (Wildman–Crippen MR) is 97.3 cm³/mol. The quantitative estimate of drug-likeness (QED) is 0.450. The Morgan fingerprint density at radius 1 is 1.40 bits per heavy atom. The van der Waals surface area contributed by atoms with Gasteiger partial charge in [-0.25, -0.2) is 4.68 Å². The van der Waals surface area contributed by atoms with E-state index in [4.69, 9.17) is 0 Å². The summed E-state index contributed by atoms with van der Waals surface area (Å²) in [5.41, 5.74) is 1.17. The van der Waals surface area contributed by atoms with Crippen molar-refractivity contribution in [1.82, 2.24) is 20.2 Å². The zero-order valence-corrected chi connectivity index (χ0v) is 15.6. The van der Waals surface area contributed by atoms with Crippen molar-refractivity contribution in [3.05, 3.63) is 34.9 Å². The molecule has 0 bridgehead atoms. The summed E-state index contributed by atoms with van der Waals surface area (Å²) >= 11 is 2.69. The van der Waals surface area contributed by atoms with Crippen LogP contribution in [0.3, 0.4) is 0 Å². The van der Waals surface area contributed by atoms with Gasteiger partial charge in [0.25, 0.3) is 0 Å². The lowest BCUT2D eigenvalue weighted by Gasteiger charge is -2.14. The average Bonchev–Trinajstić information content (AvgIpc) is 3.20. The third-order valence-electron chi connectivity index (χ3n) is 3.63. The molecule has 0 fully saturated rings. The Bertz CT molecular complexity index is 883. The zero-order valence-electron chi connectivity index (χ0n) is 14.0. The number of tetrazole rings is 1. The number of ketones is 1. The van der Waals surface area contributed by atoms with Crippen molar-refractivity contribution in [1.29, 1.82) is 5.26 Å². The number of nitrogens with zero attached hydrogens (tertiary/aromatic N) is 6. The lowest BCUT2D eigenvalue weighted by atomic mass is 10.2. The third kappa shape index (κ3) is 3.41. The lowest BCUT2D eigenvalue weighted by Crippen LogP contribution is -2.16. The first-order valence-corrected chi connectivity index (χ1v) is 9.42. The Labute approximate surface area is 154 Å². The minimum atomic E-state index is -0.229. The maximum Gasteiger partial charge on any atom is 0.209 e. The summed E-state index contributed by atoms with van der Waals surface area (Å²) < 4.78 is 1.66. The molecular formula is C16H16N6OS2. The van der Waals surface area contributed by atoms with Gasteiger partial charge in [-0.3, -0.25) is 4.79 Å². The highest BCUT2D eigenvalue weighted by atomic mass is 32.2. The Hall–Kier alpha value is -2.31. The SMILES string of the molecule is CC(C)n1nnnc1SCC(=O)C(C#N)=C1Sc2ccccc2N1C. The molecule has 0 aliphatic carbocycles. The molecule has 0 saturated carbocycles. The van der Waals surface area contributed by atoms with E-state index in [-0.39, 0.29) is 23.2 Å². The van der Waals surface area contributed by atoms with Crippen LogP contribution in [0.2, 0.25) is 0 Å². The van der Waals surface area contributed by atoms with E-state index in [1.165, 1.54) is 23.5 Å². The number of fused-ring (bicyclic) bond motifs is 1. The standard InChI is InChI=1S/C16H16N6OS2/c1-10(2)22-16(18-19-20-22)24-9-13(23)11(8-17)15-21(3)12-6-4-5-7-14(12)25-15/h4-7,10H,9H2,1-3H3. The van der Waals surface area contributed by atoms with Gasteiger partial charge in [0.2, 0.25) is 5.16 Å². The minimum absolute atomic E-state index is 0.104. The third-order valence-corrected chi connectivity index (χ3v) is 5.80. The molecule has 1 aromatic heterocycles. The Balaban J connectivity index is 1.79. The molecule has 0 unspecified atom stereocenters. The molecule has 0 N–H and O–H groups in total. The van der Waals surface area contributed by atoms with Crippen LogP contribution in [0.1, 0.15) is 19.9 Å². The summed E-state index contributed by atoms with van der Waals surface area (Å²) in [7, 11) is 1.87. The maximum absolute atomic E-state index is 12.6. The highest BCUT2D eigenvalue weighted by Crippen LogP contribution is 2.46. The molecule has 3 rings (SSSR count). The molecule has 0 saturated heterocycles. The fraction of sp³-hybridized carbons (Fsp3) is 0.312. The van der Waals surface area contributed by atoms with E-state index in [9.17, 15) is 10.1 Å². The smallest absolute Gasteiger partial charge is 0.209 e. The van der Waals surface area contributed by atoms with Gasteiger partial charge >= 0.3 is 0 Å². The first-order valence-electron chi connectivity index (χ1n) is 7.61. The number of aromatic nitrogens is 4. The molecule has 25 heavy (non-hydrogen) atoms. The minimum Gasteiger partial charge on any atom is -0.337 e. The summed E-state index contributed by atoms with van der Waals surface area (Å²) in [6, 6.07) is 10.0. The largest absolute Gasteiger partial charge is 0.337 e. The summed E-state index contributed by atoms with van der Waals surface area (Å²) in [5, 5.41) is 22.3. The number of carbonyl (C=O) groups is 1. The van der Waals surface area contributed by atoms with Crippen molar-refractivity contribution in [2.75, 3.05) is 17.7 Å². The molecular weight excluding hydrogens is 356 g/mol. The fourth-order valence-electron chi connectivity index (χ4n) is 2.36. The van der Waals surface area contributed by atoms with Gasteiger partial charge in [-0.15, -0.1) is 5.10 Å². The van der Waals surface area contributed by atoms with Crippen LogP contribution >= 0.6 is 23.5 Å². The van der Waals surface area contributed by atoms with Crippen molar-refractivity contribution in [2.45, 2.75) is 29.9 Å². The van der Waals surface area contributed by atoms with Gasteiger partial charge in [-0.05, 0) is 36.4 Å². The number of rotatable bonds is 5. The number of para-hydroxylation sites is 1. The summed E-state index contributed by atoms with van der Waals surface area (Å²) in [6.07, 6.45) is 0. The van der Waals surface area contributed by atoms with Crippen molar-refractivity contribution < 1.29 is 4.79 Å². The Kier molecular flexibility index (Phi) is 5.11. The van der Waals surface area contributed by atoms with Crippen molar-refractivity contribution in [3.8, 4) is 6.07 Å². The molecule has 7 nitrogen and oxygen atoms in total. The number of benzene rings is 1. The van der Waals surface area contributed by atoms with Crippen LogP contribution in [0.15, 0.2) is 44.9 Å². The molecule has 1 aliphatic rings. The number of hydrogen-bond acceptors (Lipinski definition) is 8. The van der Waals surface area contributed by atoms with Gasteiger partial charge in [0, 0.05) is 11.9 Å². The van der Waals surface area contributed by atoms with Crippen LogP contribution in [0, 0.1) is 11.3 Å². The van der Waals surface area contributed by atoms with Crippen molar-refractivity contribution in [2.24, 2.45) is 0 Å². The second-order valence-corrected chi connectivity index (χ2v) is 7.61. The van der Waals surface area contributed by atoms with E-state index < -0.39 is 0 Å². The van der Waals surface area contributed by atoms with Gasteiger partial charge < -0.3 is 4.90 Å². The monoisotopic (exact) mass is 372 g/mol. The van der Waals surface area contributed by atoms with Gasteiger partial charge in [-0.2, -0.15) is 5.26 Å². The van der Waals surface area contributed by atoms with E-state index in [2.05, 4.69) is 21.6 Å². The van der Waals surface area contributed by atoms with Crippen molar-refractivity contribution in [3.63, 3.8) is 0 Å². The topological polar surface area (TPSA) is 87.7 Å². The average molecular weight is 372 g/mol. The second kappa shape index (κ2) is 7.29. The first-order chi connectivity index (χ1) is 12.0. The number of thioether (sulfide) groups is 2. The number of hydrogen-bond donors (Lipinski definition) is 0. The van der Waals surface area contributed by atoms with Crippen LogP contribution in [-0.4, -0.2) is 38.8 Å². The van der Waals surface area contributed by atoms with Gasteiger partial charge in [-0.1, -0.05) is 35.7 Å². The molecule has 0 radical (unpaired) electrons. The first kappa shape index (κ1) is 17.5. The van der Waals surface area contributed by atoms with Gasteiger partial charge in [0.05, 0.1) is 17.5 Å². The van der Waals surface area contributed by atoms with E-state index >= 15 is 0 Å². The summed E-state index contributed by atoms with van der Waals surface area (Å²) in [6.45, 7) is 3.93. The van der Waals surface area contributed by atoms with Crippen LogP contribution in [0.4, 0.5) is 5.69 Å². The molecule has 128 valence electrons. The van der Waals surface area contributed by atoms with Crippen LogP contribution < -0.4 is 4.90 Å². The molecule has 0 spiro atoms. The summed E-state index contributed by atoms with van der Waals surface area (Å²) in [4.78, 5) is 15.5. The normalized spacial score (nSPS) is 15.2. The van der Waals surface area contributed by atoms with E-state index in [1.807, 2.05) is 50.1 Å². The van der Waals surface area contributed by atoms with E-state index in [1.54, 1.807) is 4.68 Å². The summed E-state index contributed by atoms with van der Waals surface area (Å²) in [5.74, 6) is -0.113. The van der Waals surface area contributed by atoms with Crippen LogP contribution in [-0.2, 0) is 4.79 Å². The molecule has 2 heterocycles. The predicted octanol–water partition coefficient (Wildman–Crippen LogP) is 2.89. The number of anilines is 1. The molecule has 1 aliphatic heterocycles. The van der Waals surface area contributed by atoms with Crippen molar-refractivity contribution >= 4 is 35.0 Å². The molecule has 9 heteroatoms. The van der Waals surface area contributed by atoms with Crippen LogP contribution in [0.5, 0.6) is 0 Å². The number of nitriles is 1. The Morgan fingerprint density at radius 3 is 2.84 bits per heavy atom. The van der Waals surface area contributed by atoms with Gasteiger partial charge in [0.15, 0.2) is 5.78 Å². The highest BCUT2D eigenvalue weighted by molar-refractivity contribution is 8.03. The lowest BCUT2D eigenvalue weighted by molar-refractivity contribution is -0.112. The Morgan fingerprint density at radius 2 is 2.16 bits per heavy atom. The number of carbonyl (C=O) groups excluding carboxylic acids is 1. The molecule has 0 amide bonds. The molecule has 1 aromatic carbocycles. The fourth-order valence-corrected chi connectivity index (χ4v) is 4.40. The highest BCUT2D eigenvalue weighted by Gasteiger charge is 2.28. The van der Waals surface area contributed by atoms with Gasteiger partial charge in [0.1, 0.15) is 16.7 Å². The van der Waals surface area contributed by atoms with Crippen LogP contribution in [0.25, 0.3) is 0 Å². The molecule has 0 atom stereocenters. The molecule has 2 aromatic rings.